The Balaban J connectivity index is 1.15. The lowest BCUT2D eigenvalue weighted by molar-refractivity contribution is -0.132. The first-order chi connectivity index (χ1) is 15.2. The van der Waals surface area contributed by atoms with Crippen LogP contribution in [0.4, 0.5) is 10.1 Å². The predicted octanol–water partition coefficient (Wildman–Crippen LogP) is 2.91. The summed E-state index contributed by atoms with van der Waals surface area (Å²) < 4.78 is 24.0. The lowest BCUT2D eigenvalue weighted by Gasteiger charge is -2.44. The van der Waals surface area contributed by atoms with Gasteiger partial charge in [-0.25, -0.2) is 4.39 Å². The first kappa shape index (κ1) is 20.1. The van der Waals surface area contributed by atoms with Gasteiger partial charge >= 0.3 is 0 Å². The van der Waals surface area contributed by atoms with Gasteiger partial charge in [-0.2, -0.15) is 0 Å². The third-order valence-corrected chi connectivity index (χ3v) is 6.56. The number of amides is 1. The third-order valence-electron chi connectivity index (χ3n) is 6.56. The number of carbonyl (C=O) groups is 1. The second kappa shape index (κ2) is 8.75. The van der Waals surface area contributed by atoms with Gasteiger partial charge in [-0.3, -0.25) is 9.69 Å². The normalized spacial score (nSPS) is 21.4. The molecule has 5 rings (SSSR count). The highest BCUT2D eigenvalue weighted by Gasteiger charge is 2.30. The Bertz CT molecular complexity index is 928. The molecule has 0 aromatic heterocycles. The largest absolute Gasteiger partial charge is 0.454 e. The summed E-state index contributed by atoms with van der Waals surface area (Å²) in [5.74, 6) is 1.44. The van der Waals surface area contributed by atoms with E-state index in [1.54, 1.807) is 0 Å². The van der Waals surface area contributed by atoms with Gasteiger partial charge in [0.15, 0.2) is 11.5 Å². The van der Waals surface area contributed by atoms with Gasteiger partial charge in [0.1, 0.15) is 5.82 Å². The first-order valence-corrected chi connectivity index (χ1v) is 11.1. The Hall–Kier alpha value is -2.80. The number of benzene rings is 2. The molecule has 2 aromatic carbocycles. The van der Waals surface area contributed by atoms with Crippen molar-refractivity contribution in [1.29, 1.82) is 0 Å². The molecule has 0 spiro atoms. The standard InChI is InChI=1S/C24H28FN3O3/c25-19-4-6-20(7-5-19)26-10-12-27(13-11-26)21-2-1-9-28(16-21)24(29)15-18-3-8-22-23(14-18)31-17-30-22/h3-8,14,21H,1-2,9-13,15-17H2/t21-/m1/s1. The van der Waals surface area contributed by atoms with Crippen LogP contribution in [0.5, 0.6) is 11.5 Å². The highest BCUT2D eigenvalue weighted by Crippen LogP contribution is 2.32. The van der Waals surface area contributed by atoms with Crippen LogP contribution in [0.3, 0.4) is 0 Å². The molecular weight excluding hydrogens is 397 g/mol. The zero-order valence-corrected chi connectivity index (χ0v) is 17.6. The van der Waals surface area contributed by atoms with Crippen LogP contribution in [0.15, 0.2) is 42.5 Å². The lowest BCUT2D eigenvalue weighted by atomic mass is 10.0. The van der Waals surface area contributed by atoms with E-state index in [0.29, 0.717) is 12.5 Å². The molecule has 164 valence electrons. The van der Waals surface area contributed by atoms with Crippen LogP contribution in [0, 0.1) is 5.82 Å². The fraction of sp³-hybridized carbons (Fsp3) is 0.458. The molecule has 0 bridgehead atoms. The van der Waals surface area contributed by atoms with Crippen LogP contribution < -0.4 is 14.4 Å². The van der Waals surface area contributed by atoms with E-state index in [0.717, 1.165) is 74.9 Å². The maximum Gasteiger partial charge on any atom is 0.231 e. The predicted molar refractivity (Wildman–Crippen MR) is 116 cm³/mol. The topological polar surface area (TPSA) is 45.3 Å². The summed E-state index contributed by atoms with van der Waals surface area (Å²) in [6.07, 6.45) is 2.56. The number of likely N-dealkylation sites (tertiary alicyclic amines) is 1. The summed E-state index contributed by atoms with van der Waals surface area (Å²) in [6, 6.07) is 12.9. The number of anilines is 1. The molecular formula is C24H28FN3O3. The fourth-order valence-corrected chi connectivity index (χ4v) is 4.81. The number of halogens is 1. The zero-order chi connectivity index (χ0) is 21.2. The molecule has 2 saturated heterocycles. The third kappa shape index (κ3) is 4.46. The van der Waals surface area contributed by atoms with E-state index in [4.69, 9.17) is 9.47 Å². The van der Waals surface area contributed by atoms with E-state index in [1.807, 2.05) is 35.2 Å². The van der Waals surface area contributed by atoms with Gasteiger partial charge < -0.3 is 19.3 Å². The number of carbonyl (C=O) groups excluding carboxylic acids is 1. The van der Waals surface area contributed by atoms with Crippen molar-refractivity contribution < 1.29 is 18.7 Å². The Morgan fingerprint density at radius 3 is 2.55 bits per heavy atom. The summed E-state index contributed by atoms with van der Waals surface area (Å²) in [5, 5.41) is 0. The first-order valence-electron chi connectivity index (χ1n) is 11.1. The van der Waals surface area contributed by atoms with Gasteiger partial charge in [-0.05, 0) is 54.8 Å². The van der Waals surface area contributed by atoms with Crippen LogP contribution in [0.2, 0.25) is 0 Å². The Labute approximate surface area is 182 Å². The van der Waals surface area contributed by atoms with E-state index in [2.05, 4.69) is 9.80 Å². The SMILES string of the molecule is O=C(Cc1ccc2c(c1)OCO2)N1CCC[C@@H](N2CCN(c3ccc(F)cc3)CC2)C1. The molecule has 2 fully saturated rings. The lowest BCUT2D eigenvalue weighted by Crippen LogP contribution is -2.56. The number of nitrogens with zero attached hydrogens (tertiary/aromatic N) is 3. The van der Waals surface area contributed by atoms with E-state index < -0.39 is 0 Å². The summed E-state index contributed by atoms with van der Waals surface area (Å²) in [6.45, 7) is 5.64. The fourth-order valence-electron chi connectivity index (χ4n) is 4.81. The van der Waals surface area contributed by atoms with Gasteiger partial charge in [-0.1, -0.05) is 6.07 Å². The van der Waals surface area contributed by atoms with E-state index in [1.165, 1.54) is 12.1 Å². The number of hydrogen-bond donors (Lipinski definition) is 0. The van der Waals surface area contributed by atoms with Crippen LogP contribution >= 0.6 is 0 Å². The molecule has 0 unspecified atom stereocenters. The van der Waals surface area contributed by atoms with Crippen LogP contribution in [-0.2, 0) is 11.2 Å². The van der Waals surface area contributed by atoms with Crippen molar-refractivity contribution >= 4 is 11.6 Å². The van der Waals surface area contributed by atoms with Gasteiger partial charge in [-0.15, -0.1) is 0 Å². The average Bonchev–Trinajstić information content (AvgIpc) is 3.28. The van der Waals surface area contributed by atoms with Crippen molar-refractivity contribution in [3.8, 4) is 11.5 Å². The second-order valence-electron chi connectivity index (χ2n) is 8.50. The molecule has 1 atom stereocenters. The van der Waals surface area contributed by atoms with Crippen molar-refractivity contribution in [2.75, 3.05) is 51.0 Å². The minimum atomic E-state index is -0.199. The Morgan fingerprint density at radius 2 is 1.74 bits per heavy atom. The van der Waals surface area contributed by atoms with Crippen molar-refractivity contribution in [2.24, 2.45) is 0 Å². The van der Waals surface area contributed by atoms with Gasteiger partial charge in [0, 0.05) is 51.0 Å². The van der Waals surface area contributed by atoms with Crippen LogP contribution in [-0.4, -0.2) is 67.8 Å². The minimum Gasteiger partial charge on any atom is -0.454 e. The number of ether oxygens (including phenoxy) is 2. The molecule has 7 heteroatoms. The maximum absolute atomic E-state index is 13.2. The smallest absolute Gasteiger partial charge is 0.231 e. The monoisotopic (exact) mass is 425 g/mol. The van der Waals surface area contributed by atoms with Crippen molar-refractivity contribution in [2.45, 2.75) is 25.3 Å². The molecule has 3 aliphatic rings. The van der Waals surface area contributed by atoms with Gasteiger partial charge in [0.25, 0.3) is 0 Å². The van der Waals surface area contributed by atoms with E-state index in [9.17, 15) is 9.18 Å². The molecule has 0 radical (unpaired) electrons. The van der Waals surface area contributed by atoms with Gasteiger partial charge in [0.05, 0.1) is 6.42 Å². The molecule has 6 nitrogen and oxygen atoms in total. The van der Waals surface area contributed by atoms with Crippen molar-refractivity contribution in [3.63, 3.8) is 0 Å². The number of rotatable bonds is 4. The molecule has 0 saturated carbocycles. The number of piperazine rings is 1. The highest BCUT2D eigenvalue weighted by molar-refractivity contribution is 5.79. The minimum absolute atomic E-state index is 0.175. The van der Waals surface area contributed by atoms with Crippen molar-refractivity contribution in [1.82, 2.24) is 9.80 Å². The summed E-state index contributed by atoms with van der Waals surface area (Å²) >= 11 is 0. The van der Waals surface area contributed by atoms with Crippen LogP contribution in [0.25, 0.3) is 0 Å². The quantitative estimate of drug-likeness (QED) is 0.754. The van der Waals surface area contributed by atoms with E-state index in [-0.39, 0.29) is 18.5 Å². The van der Waals surface area contributed by atoms with E-state index >= 15 is 0 Å². The van der Waals surface area contributed by atoms with Crippen LogP contribution in [0.1, 0.15) is 18.4 Å². The molecule has 31 heavy (non-hydrogen) atoms. The average molecular weight is 426 g/mol. The molecule has 3 heterocycles. The summed E-state index contributed by atoms with van der Waals surface area (Å²) in [7, 11) is 0. The maximum atomic E-state index is 13.2. The summed E-state index contributed by atoms with van der Waals surface area (Å²) in [5.41, 5.74) is 2.04. The van der Waals surface area contributed by atoms with Crippen molar-refractivity contribution in [3.05, 3.63) is 53.8 Å². The molecule has 0 aliphatic carbocycles. The zero-order valence-electron chi connectivity index (χ0n) is 17.6. The number of hydrogen-bond acceptors (Lipinski definition) is 5. The number of fused-ring (bicyclic) bond motifs is 1. The molecule has 3 aliphatic heterocycles. The molecule has 1 amide bonds. The molecule has 0 N–H and O–H groups in total. The Morgan fingerprint density at radius 1 is 0.968 bits per heavy atom. The molecule has 2 aromatic rings. The highest BCUT2D eigenvalue weighted by atomic mass is 19.1. The van der Waals surface area contributed by atoms with Gasteiger partial charge in [0.2, 0.25) is 12.7 Å². The number of piperidine rings is 1. The Kier molecular flexibility index (Phi) is 5.68. The second-order valence-corrected chi connectivity index (χ2v) is 8.50. The summed E-state index contributed by atoms with van der Waals surface area (Å²) in [4.78, 5) is 19.8.